The van der Waals surface area contributed by atoms with Gasteiger partial charge in [-0.3, -0.25) is 10.1 Å². The van der Waals surface area contributed by atoms with Crippen LogP contribution in [0.1, 0.15) is 39.5 Å². The zero-order chi connectivity index (χ0) is 16.8. The van der Waals surface area contributed by atoms with E-state index in [1.165, 1.54) is 0 Å². The van der Waals surface area contributed by atoms with Crippen LogP contribution in [0.2, 0.25) is 5.02 Å². The second-order valence-electron chi connectivity index (χ2n) is 5.44. The molecular formula is C16H23ClN4S2. The van der Waals surface area contributed by atoms with Gasteiger partial charge >= 0.3 is 0 Å². The Kier molecular flexibility index (Phi) is 7.14. The number of nitrogens with two attached hydrogens (primary N) is 1. The van der Waals surface area contributed by atoms with Gasteiger partial charge in [0.25, 0.3) is 0 Å². The van der Waals surface area contributed by atoms with Crippen LogP contribution in [0, 0.1) is 0 Å². The monoisotopic (exact) mass is 370 g/mol. The van der Waals surface area contributed by atoms with E-state index in [0.29, 0.717) is 11.1 Å². The molecule has 0 fully saturated rings. The molecule has 1 aromatic heterocycles. The molecule has 0 saturated heterocycles. The van der Waals surface area contributed by atoms with Gasteiger partial charge < -0.3 is 0 Å². The second-order valence-corrected chi connectivity index (χ2v) is 7.48. The second kappa shape index (κ2) is 8.87. The average Bonchev–Trinajstić information content (AvgIpc) is 2.89. The first-order chi connectivity index (χ1) is 11.1. The van der Waals surface area contributed by atoms with E-state index in [1.807, 2.05) is 29.9 Å². The van der Waals surface area contributed by atoms with Gasteiger partial charge in [-0.1, -0.05) is 55.7 Å². The molecule has 23 heavy (non-hydrogen) atoms. The summed E-state index contributed by atoms with van der Waals surface area (Å²) in [7, 11) is 1.95. The molecule has 1 heterocycles. The number of hydrogen-bond acceptors (Lipinski definition) is 5. The minimum atomic E-state index is 0.380. The number of benzene rings is 1. The Bertz CT molecular complexity index is 702. The number of rotatable bonds is 7. The summed E-state index contributed by atoms with van der Waals surface area (Å²) in [4.78, 5) is 6.73. The molecule has 0 radical (unpaired) electrons. The van der Waals surface area contributed by atoms with Gasteiger partial charge in [0.1, 0.15) is 5.01 Å². The van der Waals surface area contributed by atoms with Crippen LogP contribution in [0.5, 0.6) is 0 Å². The lowest BCUT2D eigenvalue weighted by atomic mass is 10.1. The highest BCUT2D eigenvalue weighted by Gasteiger charge is 2.10. The summed E-state index contributed by atoms with van der Waals surface area (Å²) in [5.74, 6) is 0. The SMILES string of the molecule is CCCC(CCC)N=c1sc(-c2ccc(Cl)c(SN)c2)nn1C. The molecule has 2 rings (SSSR count). The first-order valence-corrected chi connectivity index (χ1v) is 9.91. The summed E-state index contributed by atoms with van der Waals surface area (Å²) in [6.45, 7) is 4.41. The van der Waals surface area contributed by atoms with Gasteiger partial charge in [0.15, 0.2) is 0 Å². The van der Waals surface area contributed by atoms with E-state index in [0.717, 1.165) is 57.9 Å². The fraction of sp³-hybridized carbons (Fsp3) is 0.500. The van der Waals surface area contributed by atoms with Crippen LogP contribution >= 0.6 is 34.9 Å². The zero-order valence-corrected chi connectivity index (χ0v) is 16.1. The number of halogens is 1. The van der Waals surface area contributed by atoms with Crippen molar-refractivity contribution < 1.29 is 0 Å². The molecule has 0 amide bonds. The molecule has 0 unspecified atom stereocenters. The summed E-state index contributed by atoms with van der Waals surface area (Å²) in [6.07, 6.45) is 4.54. The zero-order valence-electron chi connectivity index (χ0n) is 13.8. The van der Waals surface area contributed by atoms with Crippen LogP contribution in [0.25, 0.3) is 10.6 Å². The molecule has 7 heteroatoms. The molecule has 0 bridgehead atoms. The highest BCUT2D eigenvalue weighted by molar-refractivity contribution is 7.97. The van der Waals surface area contributed by atoms with Gasteiger partial charge in [-0.05, 0) is 36.9 Å². The Morgan fingerprint density at radius 3 is 2.65 bits per heavy atom. The third-order valence-electron chi connectivity index (χ3n) is 3.55. The van der Waals surface area contributed by atoms with E-state index >= 15 is 0 Å². The van der Waals surface area contributed by atoms with Crippen molar-refractivity contribution in [1.82, 2.24) is 9.78 Å². The Morgan fingerprint density at radius 2 is 2.04 bits per heavy atom. The van der Waals surface area contributed by atoms with E-state index in [-0.39, 0.29) is 0 Å². The maximum absolute atomic E-state index is 6.12. The van der Waals surface area contributed by atoms with Gasteiger partial charge in [-0.2, -0.15) is 5.10 Å². The van der Waals surface area contributed by atoms with Gasteiger partial charge in [-0.15, -0.1) is 0 Å². The van der Waals surface area contributed by atoms with Crippen LogP contribution in [0.4, 0.5) is 0 Å². The molecule has 0 spiro atoms. The molecule has 0 atom stereocenters. The van der Waals surface area contributed by atoms with E-state index in [1.54, 1.807) is 11.3 Å². The smallest absolute Gasteiger partial charge is 0.203 e. The molecule has 126 valence electrons. The quantitative estimate of drug-likeness (QED) is 0.722. The van der Waals surface area contributed by atoms with E-state index in [2.05, 4.69) is 18.9 Å². The summed E-state index contributed by atoms with van der Waals surface area (Å²) < 4.78 is 1.86. The van der Waals surface area contributed by atoms with E-state index in [9.17, 15) is 0 Å². The van der Waals surface area contributed by atoms with Crippen LogP contribution < -0.4 is 9.94 Å². The molecule has 2 aromatic rings. The molecular weight excluding hydrogens is 348 g/mol. The molecule has 1 aromatic carbocycles. The Hall–Kier alpha value is -0.820. The lowest BCUT2D eigenvalue weighted by Crippen LogP contribution is -2.17. The molecule has 0 aliphatic heterocycles. The van der Waals surface area contributed by atoms with Crippen molar-refractivity contribution in [2.45, 2.75) is 50.5 Å². The lowest BCUT2D eigenvalue weighted by molar-refractivity contribution is 0.536. The Labute approximate surface area is 150 Å². The normalized spacial score (nSPS) is 12.3. The van der Waals surface area contributed by atoms with E-state index in [4.69, 9.17) is 21.7 Å². The van der Waals surface area contributed by atoms with Crippen LogP contribution in [-0.4, -0.2) is 15.8 Å². The minimum absolute atomic E-state index is 0.380. The number of hydrogen-bond donors (Lipinski definition) is 1. The fourth-order valence-corrected chi connectivity index (χ4v) is 3.98. The van der Waals surface area contributed by atoms with Crippen LogP contribution in [-0.2, 0) is 7.05 Å². The van der Waals surface area contributed by atoms with Gasteiger partial charge in [0.05, 0.1) is 11.1 Å². The number of aromatic nitrogens is 2. The predicted molar refractivity (Wildman–Crippen MR) is 101 cm³/mol. The molecule has 0 aliphatic carbocycles. The van der Waals surface area contributed by atoms with Crippen molar-refractivity contribution in [3.05, 3.63) is 28.0 Å². The summed E-state index contributed by atoms with van der Waals surface area (Å²) in [5, 5.41) is 11.9. The summed E-state index contributed by atoms with van der Waals surface area (Å²) >= 11 is 8.88. The fourth-order valence-electron chi connectivity index (χ4n) is 2.40. The highest BCUT2D eigenvalue weighted by atomic mass is 35.5. The van der Waals surface area contributed by atoms with E-state index < -0.39 is 0 Å². The molecule has 0 aliphatic rings. The Morgan fingerprint density at radius 1 is 1.35 bits per heavy atom. The summed E-state index contributed by atoms with van der Waals surface area (Å²) in [6, 6.07) is 6.19. The number of aryl methyl sites for hydroxylation is 1. The summed E-state index contributed by atoms with van der Waals surface area (Å²) in [5.41, 5.74) is 1.02. The predicted octanol–water partition coefficient (Wildman–Crippen LogP) is 4.64. The maximum Gasteiger partial charge on any atom is 0.203 e. The Balaban J connectivity index is 2.37. The third kappa shape index (κ3) is 4.83. The van der Waals surface area contributed by atoms with Crippen molar-refractivity contribution in [3.63, 3.8) is 0 Å². The van der Waals surface area contributed by atoms with Crippen LogP contribution in [0.15, 0.2) is 28.1 Å². The van der Waals surface area contributed by atoms with Crippen molar-refractivity contribution >= 4 is 34.9 Å². The first-order valence-electron chi connectivity index (χ1n) is 7.83. The van der Waals surface area contributed by atoms with Crippen LogP contribution in [0.3, 0.4) is 0 Å². The van der Waals surface area contributed by atoms with Crippen molar-refractivity contribution in [2.24, 2.45) is 17.2 Å². The maximum atomic E-state index is 6.12. The number of nitrogens with zero attached hydrogens (tertiary/aromatic N) is 3. The molecule has 4 nitrogen and oxygen atoms in total. The van der Waals surface area contributed by atoms with Crippen molar-refractivity contribution in [1.29, 1.82) is 0 Å². The molecule has 0 saturated carbocycles. The minimum Gasteiger partial charge on any atom is -0.274 e. The largest absolute Gasteiger partial charge is 0.274 e. The van der Waals surface area contributed by atoms with Gasteiger partial charge in [0, 0.05) is 17.5 Å². The van der Waals surface area contributed by atoms with Crippen molar-refractivity contribution in [2.75, 3.05) is 0 Å². The topological polar surface area (TPSA) is 56.2 Å². The third-order valence-corrected chi connectivity index (χ3v) is 5.64. The molecule has 2 N–H and O–H groups in total. The van der Waals surface area contributed by atoms with Gasteiger partial charge in [-0.25, -0.2) is 4.68 Å². The standard InChI is InChI=1S/C16H23ClN4S2/c1-4-6-12(7-5-2)19-16-21(3)20-15(22-16)11-8-9-13(17)14(10-11)23-18/h8-10,12H,4-7,18H2,1-3H3. The van der Waals surface area contributed by atoms with Gasteiger partial charge in [0.2, 0.25) is 4.80 Å². The average molecular weight is 371 g/mol. The lowest BCUT2D eigenvalue weighted by Gasteiger charge is -2.08. The van der Waals surface area contributed by atoms with Crippen molar-refractivity contribution in [3.8, 4) is 10.6 Å². The highest BCUT2D eigenvalue weighted by Crippen LogP contribution is 2.29. The first kappa shape index (κ1) is 18.5.